The lowest BCUT2D eigenvalue weighted by Crippen LogP contribution is -2.41. The van der Waals surface area contributed by atoms with Gasteiger partial charge >= 0.3 is 11.7 Å². The van der Waals surface area contributed by atoms with Crippen molar-refractivity contribution < 1.29 is 14.3 Å². The molecule has 0 aliphatic rings. The number of rotatable bonds is 6. The number of anilines is 1. The van der Waals surface area contributed by atoms with Gasteiger partial charge in [-0.15, -0.1) is 11.3 Å². The first-order valence-corrected chi connectivity index (χ1v) is 9.95. The highest BCUT2D eigenvalue weighted by atomic mass is 32.1. The van der Waals surface area contributed by atoms with Gasteiger partial charge in [-0.1, -0.05) is 30.3 Å². The van der Waals surface area contributed by atoms with Gasteiger partial charge in [-0.2, -0.15) is 0 Å². The van der Waals surface area contributed by atoms with Crippen LogP contribution in [-0.4, -0.2) is 28.1 Å². The molecule has 0 bridgehead atoms. The minimum absolute atomic E-state index is 0.273. The number of nitrogens with zero attached hydrogens (tertiary/aromatic N) is 2. The zero-order valence-corrected chi connectivity index (χ0v) is 17.6. The molecule has 2 aromatic heterocycles. The SMILES string of the molecule is COC(=O)c1c(NC(=O)Cn2c(=O)ccn(Cc3ccccc3)c2=O)sc(C)c1C. The van der Waals surface area contributed by atoms with Gasteiger partial charge in [0.1, 0.15) is 11.5 Å². The van der Waals surface area contributed by atoms with Gasteiger partial charge in [-0.25, -0.2) is 9.59 Å². The molecule has 0 unspecified atom stereocenters. The predicted octanol–water partition coefficient (Wildman–Crippen LogP) is 2.16. The number of benzene rings is 1. The molecule has 1 aromatic carbocycles. The van der Waals surface area contributed by atoms with Gasteiger partial charge in [-0.3, -0.25) is 18.7 Å². The third-order valence-electron chi connectivity index (χ3n) is 4.66. The van der Waals surface area contributed by atoms with Crippen molar-refractivity contribution in [2.24, 2.45) is 0 Å². The van der Waals surface area contributed by atoms with Crippen LogP contribution in [0.2, 0.25) is 0 Å². The van der Waals surface area contributed by atoms with E-state index in [-0.39, 0.29) is 12.1 Å². The van der Waals surface area contributed by atoms with E-state index in [9.17, 15) is 19.2 Å². The van der Waals surface area contributed by atoms with Gasteiger partial charge in [0.25, 0.3) is 5.56 Å². The molecule has 3 aromatic rings. The van der Waals surface area contributed by atoms with Crippen LogP contribution in [0.5, 0.6) is 0 Å². The van der Waals surface area contributed by atoms with Crippen molar-refractivity contribution in [3.63, 3.8) is 0 Å². The molecule has 0 saturated heterocycles. The Labute approximate surface area is 176 Å². The number of carbonyl (C=O) groups excluding carboxylic acids is 2. The number of esters is 1. The van der Waals surface area contributed by atoms with Crippen molar-refractivity contribution in [2.75, 3.05) is 12.4 Å². The van der Waals surface area contributed by atoms with Crippen LogP contribution < -0.4 is 16.6 Å². The third-order valence-corrected chi connectivity index (χ3v) is 5.79. The zero-order chi connectivity index (χ0) is 21.8. The Balaban J connectivity index is 1.85. The van der Waals surface area contributed by atoms with Crippen LogP contribution in [0.3, 0.4) is 0 Å². The summed E-state index contributed by atoms with van der Waals surface area (Å²) in [5.41, 5.74) is 0.709. The lowest BCUT2D eigenvalue weighted by Gasteiger charge is -2.10. The van der Waals surface area contributed by atoms with E-state index < -0.39 is 29.7 Å². The highest BCUT2D eigenvalue weighted by Gasteiger charge is 2.22. The molecule has 1 N–H and O–H groups in total. The Morgan fingerprint density at radius 1 is 1.10 bits per heavy atom. The standard InChI is InChI=1S/C21H21N3O5S/c1-13-14(2)30-19(18(13)20(27)29-3)22-16(25)12-24-17(26)9-10-23(21(24)28)11-15-7-5-4-6-8-15/h4-10H,11-12H2,1-3H3,(H,22,25). The number of ether oxygens (including phenoxy) is 1. The van der Waals surface area contributed by atoms with Crippen LogP contribution in [-0.2, 0) is 22.6 Å². The van der Waals surface area contributed by atoms with Crippen LogP contribution in [0.1, 0.15) is 26.4 Å². The number of hydrogen-bond acceptors (Lipinski definition) is 6. The molecule has 0 spiro atoms. The molecule has 2 heterocycles. The van der Waals surface area contributed by atoms with Gasteiger partial charge in [0, 0.05) is 17.1 Å². The summed E-state index contributed by atoms with van der Waals surface area (Å²) < 4.78 is 7.02. The molecule has 0 saturated carbocycles. The van der Waals surface area contributed by atoms with Crippen molar-refractivity contribution in [1.82, 2.24) is 9.13 Å². The molecule has 30 heavy (non-hydrogen) atoms. The van der Waals surface area contributed by atoms with Gasteiger partial charge in [-0.05, 0) is 25.0 Å². The second-order valence-electron chi connectivity index (χ2n) is 6.66. The Bertz CT molecular complexity index is 1210. The molecule has 0 fully saturated rings. The first-order chi connectivity index (χ1) is 14.3. The smallest absolute Gasteiger partial charge is 0.341 e. The minimum Gasteiger partial charge on any atom is -0.465 e. The lowest BCUT2D eigenvalue weighted by molar-refractivity contribution is -0.116. The maximum Gasteiger partial charge on any atom is 0.341 e. The Morgan fingerprint density at radius 3 is 2.47 bits per heavy atom. The third kappa shape index (κ3) is 4.41. The number of aromatic nitrogens is 2. The zero-order valence-electron chi connectivity index (χ0n) is 16.8. The van der Waals surface area contributed by atoms with E-state index in [2.05, 4.69) is 5.32 Å². The molecule has 0 aliphatic heterocycles. The first-order valence-electron chi connectivity index (χ1n) is 9.14. The van der Waals surface area contributed by atoms with Crippen molar-refractivity contribution in [1.29, 1.82) is 0 Å². The lowest BCUT2D eigenvalue weighted by atomic mass is 10.1. The van der Waals surface area contributed by atoms with E-state index >= 15 is 0 Å². The van der Waals surface area contributed by atoms with Gasteiger partial charge < -0.3 is 10.1 Å². The molecule has 0 aliphatic carbocycles. The summed E-state index contributed by atoms with van der Waals surface area (Å²) in [4.78, 5) is 50.4. The fourth-order valence-electron chi connectivity index (χ4n) is 2.98. The Kier molecular flexibility index (Phi) is 6.31. The summed E-state index contributed by atoms with van der Waals surface area (Å²) in [7, 11) is 1.26. The van der Waals surface area contributed by atoms with E-state index in [1.165, 1.54) is 35.3 Å². The number of nitrogens with one attached hydrogen (secondary N) is 1. The Morgan fingerprint density at radius 2 is 1.80 bits per heavy atom. The summed E-state index contributed by atoms with van der Waals surface area (Å²) in [5.74, 6) is -1.15. The summed E-state index contributed by atoms with van der Waals surface area (Å²) in [6.07, 6.45) is 1.41. The molecule has 8 nitrogen and oxygen atoms in total. The van der Waals surface area contributed by atoms with E-state index in [0.717, 1.165) is 15.0 Å². The molecular formula is C21H21N3O5S. The average Bonchev–Trinajstić information content (AvgIpc) is 3.00. The minimum atomic E-state index is -0.590. The molecule has 0 radical (unpaired) electrons. The van der Waals surface area contributed by atoms with Gasteiger partial charge in [0.05, 0.1) is 19.2 Å². The van der Waals surface area contributed by atoms with Gasteiger partial charge in [0.15, 0.2) is 0 Å². The van der Waals surface area contributed by atoms with Gasteiger partial charge in [0.2, 0.25) is 5.91 Å². The van der Waals surface area contributed by atoms with Crippen molar-refractivity contribution in [3.05, 3.63) is 85.0 Å². The van der Waals surface area contributed by atoms with Crippen molar-refractivity contribution >= 4 is 28.2 Å². The van der Waals surface area contributed by atoms with E-state index in [1.54, 1.807) is 6.92 Å². The highest BCUT2D eigenvalue weighted by molar-refractivity contribution is 7.16. The van der Waals surface area contributed by atoms with Crippen molar-refractivity contribution in [2.45, 2.75) is 26.9 Å². The predicted molar refractivity (Wildman–Crippen MR) is 114 cm³/mol. The number of carbonyl (C=O) groups is 2. The molecule has 0 atom stereocenters. The highest BCUT2D eigenvalue weighted by Crippen LogP contribution is 2.32. The number of aryl methyl sites for hydroxylation is 1. The summed E-state index contributed by atoms with van der Waals surface area (Å²) >= 11 is 1.23. The summed E-state index contributed by atoms with van der Waals surface area (Å²) in [5, 5.41) is 2.96. The quantitative estimate of drug-likeness (QED) is 0.608. The van der Waals surface area contributed by atoms with Crippen LogP contribution in [0.25, 0.3) is 0 Å². The summed E-state index contributed by atoms with van der Waals surface area (Å²) in [6, 6.07) is 10.6. The second-order valence-corrected chi connectivity index (χ2v) is 7.89. The van der Waals surface area contributed by atoms with Crippen molar-refractivity contribution in [3.8, 4) is 0 Å². The maximum absolute atomic E-state index is 12.7. The average molecular weight is 427 g/mol. The second kappa shape index (κ2) is 8.91. The number of amides is 1. The molecular weight excluding hydrogens is 406 g/mol. The molecule has 1 amide bonds. The van der Waals surface area contributed by atoms with E-state index in [1.807, 2.05) is 37.3 Å². The Hall–Kier alpha value is -3.46. The molecule has 156 valence electrons. The normalized spacial score (nSPS) is 10.6. The van der Waals surface area contributed by atoms with Crippen LogP contribution in [0.15, 0.2) is 52.2 Å². The number of hydrogen-bond donors (Lipinski definition) is 1. The maximum atomic E-state index is 12.7. The van der Waals surface area contributed by atoms with Crippen LogP contribution in [0.4, 0.5) is 5.00 Å². The van der Waals surface area contributed by atoms with E-state index in [0.29, 0.717) is 10.6 Å². The fraction of sp³-hybridized carbons (Fsp3) is 0.238. The van der Waals surface area contributed by atoms with Crippen LogP contribution in [0, 0.1) is 13.8 Å². The first kappa shape index (κ1) is 21.3. The number of methoxy groups -OCH3 is 1. The van der Waals surface area contributed by atoms with E-state index in [4.69, 9.17) is 4.74 Å². The molecule has 9 heteroatoms. The fourth-order valence-corrected chi connectivity index (χ4v) is 4.04. The largest absolute Gasteiger partial charge is 0.465 e. The summed E-state index contributed by atoms with van der Waals surface area (Å²) in [6.45, 7) is 3.39. The van der Waals surface area contributed by atoms with Crippen LogP contribution >= 0.6 is 11.3 Å². The molecule has 3 rings (SSSR count). The monoisotopic (exact) mass is 427 g/mol. The number of thiophene rings is 1. The topological polar surface area (TPSA) is 99.4 Å².